The number of nitrogens with zero attached hydrogens (tertiary/aromatic N) is 4. The molecule has 0 fully saturated rings. The summed E-state index contributed by atoms with van der Waals surface area (Å²) in [7, 11) is -3.31. The molecule has 8 nitrogen and oxygen atoms in total. The molecule has 9 heteroatoms. The van der Waals surface area contributed by atoms with E-state index in [1.165, 1.54) is 4.31 Å². The molecule has 2 aromatic rings. The minimum absolute atomic E-state index is 0.121. The third-order valence-electron chi connectivity index (χ3n) is 4.38. The molecule has 0 aromatic carbocycles. The molecule has 140 valence electrons. The molecule has 1 aliphatic rings. The lowest BCUT2D eigenvalue weighted by molar-refractivity contribution is 0.0945. The average Bonchev–Trinajstić information content (AvgIpc) is 3.06. The summed E-state index contributed by atoms with van der Waals surface area (Å²) < 4.78 is 28.2. The maximum atomic E-state index is 12.4. The molecule has 0 radical (unpaired) electrons. The van der Waals surface area contributed by atoms with Crippen molar-refractivity contribution in [1.82, 2.24) is 24.2 Å². The fourth-order valence-corrected chi connectivity index (χ4v) is 4.79. The van der Waals surface area contributed by atoms with Gasteiger partial charge >= 0.3 is 0 Å². The van der Waals surface area contributed by atoms with E-state index in [2.05, 4.69) is 15.3 Å². The maximum Gasteiger partial charge on any atom is 0.271 e. The van der Waals surface area contributed by atoms with Crippen molar-refractivity contribution >= 4 is 15.9 Å². The SMILES string of the molecule is CCCS(=O)(=O)N1CCn2cc(C(=O)NCc3ccccn3)nc2[C@H]1C. The van der Waals surface area contributed by atoms with Gasteiger partial charge in [-0.25, -0.2) is 13.4 Å². The first-order valence-electron chi connectivity index (χ1n) is 8.67. The quantitative estimate of drug-likeness (QED) is 0.819. The molecule has 1 aliphatic heterocycles. The Kier molecular flexibility index (Phi) is 5.38. The number of sulfonamides is 1. The molecule has 0 saturated heterocycles. The lowest BCUT2D eigenvalue weighted by atomic mass is 10.2. The van der Waals surface area contributed by atoms with E-state index in [1.807, 2.05) is 29.7 Å². The van der Waals surface area contributed by atoms with Crippen LogP contribution in [0.4, 0.5) is 0 Å². The third kappa shape index (κ3) is 3.78. The van der Waals surface area contributed by atoms with Gasteiger partial charge in [0.15, 0.2) is 0 Å². The molecular weight excluding hydrogens is 354 g/mol. The van der Waals surface area contributed by atoms with Crippen molar-refractivity contribution < 1.29 is 13.2 Å². The molecule has 1 N–H and O–H groups in total. The van der Waals surface area contributed by atoms with Crippen molar-refractivity contribution in [3.63, 3.8) is 0 Å². The molecule has 0 bridgehead atoms. The number of amides is 1. The van der Waals surface area contributed by atoms with Gasteiger partial charge in [0.05, 0.1) is 24.0 Å². The molecule has 0 saturated carbocycles. The molecule has 3 heterocycles. The Morgan fingerprint density at radius 3 is 2.85 bits per heavy atom. The Hall–Kier alpha value is -2.26. The number of hydrogen-bond donors (Lipinski definition) is 1. The van der Waals surface area contributed by atoms with Crippen molar-refractivity contribution in [2.45, 2.75) is 39.4 Å². The fourth-order valence-electron chi connectivity index (χ4n) is 3.10. The summed E-state index contributed by atoms with van der Waals surface area (Å²) in [6.45, 7) is 4.84. The number of imidazole rings is 1. The van der Waals surface area contributed by atoms with Gasteiger partial charge in [-0.1, -0.05) is 13.0 Å². The van der Waals surface area contributed by atoms with E-state index in [1.54, 1.807) is 19.3 Å². The third-order valence-corrected chi connectivity index (χ3v) is 6.52. The number of carbonyl (C=O) groups excluding carboxylic acids is 1. The Labute approximate surface area is 153 Å². The smallest absolute Gasteiger partial charge is 0.271 e. The first-order chi connectivity index (χ1) is 12.4. The Morgan fingerprint density at radius 2 is 2.15 bits per heavy atom. The largest absolute Gasteiger partial charge is 0.345 e. The highest BCUT2D eigenvalue weighted by atomic mass is 32.2. The van der Waals surface area contributed by atoms with E-state index < -0.39 is 16.1 Å². The van der Waals surface area contributed by atoms with Crippen LogP contribution in [-0.4, -0.2) is 45.5 Å². The second-order valence-corrected chi connectivity index (χ2v) is 8.33. The summed E-state index contributed by atoms with van der Waals surface area (Å²) in [5.41, 5.74) is 1.05. The minimum atomic E-state index is -3.31. The van der Waals surface area contributed by atoms with Gasteiger partial charge < -0.3 is 9.88 Å². The second kappa shape index (κ2) is 7.55. The highest BCUT2D eigenvalue weighted by Crippen LogP contribution is 2.27. The van der Waals surface area contributed by atoms with Crippen molar-refractivity contribution in [2.24, 2.45) is 0 Å². The topological polar surface area (TPSA) is 97.2 Å². The predicted molar refractivity (Wildman–Crippen MR) is 96.8 cm³/mol. The summed E-state index contributed by atoms with van der Waals surface area (Å²) in [5.74, 6) is 0.418. The number of hydrogen-bond acceptors (Lipinski definition) is 5. The Balaban J connectivity index is 1.73. The zero-order chi connectivity index (χ0) is 18.7. The Morgan fingerprint density at radius 1 is 1.35 bits per heavy atom. The van der Waals surface area contributed by atoms with Crippen LogP contribution in [0.15, 0.2) is 30.6 Å². The van der Waals surface area contributed by atoms with Crippen LogP contribution in [0.2, 0.25) is 0 Å². The molecule has 26 heavy (non-hydrogen) atoms. The standard InChI is InChI=1S/C17H23N5O3S/c1-3-10-26(24,25)22-9-8-21-12-15(20-16(21)13(22)2)17(23)19-11-14-6-4-5-7-18-14/h4-7,12-13H,3,8-11H2,1-2H3,(H,19,23)/t13-/m1/s1. The second-order valence-electron chi connectivity index (χ2n) is 6.28. The summed E-state index contributed by atoms with van der Waals surface area (Å²) in [4.78, 5) is 20.9. The molecule has 1 atom stereocenters. The fraction of sp³-hybridized carbons (Fsp3) is 0.471. The highest BCUT2D eigenvalue weighted by Gasteiger charge is 2.34. The van der Waals surface area contributed by atoms with Crippen LogP contribution in [0.25, 0.3) is 0 Å². The summed E-state index contributed by atoms with van der Waals surface area (Å²) in [5, 5.41) is 2.79. The van der Waals surface area contributed by atoms with Crippen LogP contribution in [0, 0.1) is 0 Å². The van der Waals surface area contributed by atoms with Crippen LogP contribution in [0.3, 0.4) is 0 Å². The normalized spacial score (nSPS) is 17.7. The number of pyridine rings is 1. The van der Waals surface area contributed by atoms with Gasteiger partial charge in [-0.15, -0.1) is 0 Å². The van der Waals surface area contributed by atoms with E-state index in [4.69, 9.17) is 0 Å². The number of rotatable bonds is 6. The Bertz CT molecular complexity index is 879. The van der Waals surface area contributed by atoms with Gasteiger partial charge in [0, 0.05) is 25.5 Å². The lowest BCUT2D eigenvalue weighted by Gasteiger charge is -2.32. The van der Waals surface area contributed by atoms with Gasteiger partial charge in [-0.3, -0.25) is 9.78 Å². The van der Waals surface area contributed by atoms with E-state index in [0.29, 0.717) is 31.9 Å². The molecule has 3 rings (SSSR count). The molecule has 2 aromatic heterocycles. The number of carbonyl (C=O) groups is 1. The molecular formula is C17H23N5O3S. The van der Waals surface area contributed by atoms with Crippen molar-refractivity contribution in [3.8, 4) is 0 Å². The number of fused-ring (bicyclic) bond motifs is 1. The lowest BCUT2D eigenvalue weighted by Crippen LogP contribution is -2.42. The predicted octanol–water partition coefficient (Wildman–Crippen LogP) is 1.32. The van der Waals surface area contributed by atoms with Crippen molar-refractivity contribution in [2.75, 3.05) is 12.3 Å². The zero-order valence-electron chi connectivity index (χ0n) is 14.9. The van der Waals surface area contributed by atoms with Crippen LogP contribution in [0.5, 0.6) is 0 Å². The van der Waals surface area contributed by atoms with Crippen molar-refractivity contribution in [3.05, 3.63) is 47.8 Å². The van der Waals surface area contributed by atoms with Crippen LogP contribution in [-0.2, 0) is 23.1 Å². The van der Waals surface area contributed by atoms with E-state index in [0.717, 1.165) is 5.69 Å². The van der Waals surface area contributed by atoms with Gasteiger partial charge in [0.25, 0.3) is 5.91 Å². The highest BCUT2D eigenvalue weighted by molar-refractivity contribution is 7.89. The minimum Gasteiger partial charge on any atom is -0.345 e. The molecule has 0 unspecified atom stereocenters. The summed E-state index contributed by atoms with van der Waals surface area (Å²) in [6.07, 6.45) is 3.92. The van der Waals surface area contributed by atoms with E-state index in [-0.39, 0.29) is 17.4 Å². The zero-order valence-corrected chi connectivity index (χ0v) is 15.7. The number of nitrogens with one attached hydrogen (secondary N) is 1. The van der Waals surface area contributed by atoms with E-state index in [9.17, 15) is 13.2 Å². The summed E-state index contributed by atoms with van der Waals surface area (Å²) in [6, 6.07) is 5.11. The maximum absolute atomic E-state index is 12.4. The van der Waals surface area contributed by atoms with E-state index >= 15 is 0 Å². The van der Waals surface area contributed by atoms with Gasteiger partial charge in [-0.2, -0.15) is 4.31 Å². The monoisotopic (exact) mass is 377 g/mol. The van der Waals surface area contributed by atoms with Gasteiger partial charge in [0.2, 0.25) is 10.0 Å². The van der Waals surface area contributed by atoms with Gasteiger partial charge in [0.1, 0.15) is 11.5 Å². The molecule has 0 spiro atoms. The van der Waals surface area contributed by atoms with Crippen molar-refractivity contribution in [1.29, 1.82) is 0 Å². The first kappa shape index (κ1) is 18.5. The van der Waals surface area contributed by atoms with Gasteiger partial charge in [-0.05, 0) is 25.5 Å². The molecule has 0 aliphatic carbocycles. The molecule has 1 amide bonds. The number of aromatic nitrogens is 3. The summed E-state index contributed by atoms with van der Waals surface area (Å²) >= 11 is 0. The average molecular weight is 377 g/mol. The van der Waals surface area contributed by atoms with Crippen LogP contribution < -0.4 is 5.32 Å². The van der Waals surface area contributed by atoms with Crippen LogP contribution in [0.1, 0.15) is 48.3 Å². The first-order valence-corrected chi connectivity index (χ1v) is 10.3. The van der Waals surface area contributed by atoms with Crippen LogP contribution >= 0.6 is 0 Å².